The Hall–Kier alpha value is -1.77. The first-order chi connectivity index (χ1) is 9.20. The van der Waals surface area contributed by atoms with Crippen LogP contribution in [0.25, 0.3) is 10.9 Å². The number of ether oxygens (including phenoxy) is 1. The van der Waals surface area contributed by atoms with Gasteiger partial charge >= 0.3 is 0 Å². The lowest BCUT2D eigenvalue weighted by Crippen LogP contribution is -2.09. The second kappa shape index (κ2) is 4.72. The Morgan fingerprint density at radius 2 is 2.00 bits per heavy atom. The minimum Gasteiger partial charge on any atom is -0.495 e. The molecule has 0 unspecified atom stereocenters. The lowest BCUT2D eigenvalue weighted by Gasteiger charge is -2.13. The Morgan fingerprint density at radius 1 is 1.26 bits per heavy atom. The maximum Gasteiger partial charge on any atom is 0.190 e. The number of aromatic amines is 1. The van der Waals surface area contributed by atoms with E-state index in [9.17, 15) is 4.79 Å². The number of H-pyrrole nitrogens is 1. The summed E-state index contributed by atoms with van der Waals surface area (Å²) in [7, 11) is 1.64. The van der Waals surface area contributed by atoms with E-state index in [0.29, 0.717) is 5.92 Å². The van der Waals surface area contributed by atoms with E-state index < -0.39 is 0 Å². The van der Waals surface area contributed by atoms with E-state index in [4.69, 9.17) is 4.74 Å². The molecule has 0 saturated heterocycles. The summed E-state index contributed by atoms with van der Waals surface area (Å²) in [5, 5.41) is 0.751. The van der Waals surface area contributed by atoms with Crippen LogP contribution in [0.1, 0.15) is 42.9 Å². The van der Waals surface area contributed by atoms with Crippen LogP contribution in [0.2, 0.25) is 0 Å². The highest BCUT2D eigenvalue weighted by atomic mass is 16.5. The summed E-state index contributed by atoms with van der Waals surface area (Å²) >= 11 is 0. The maximum atomic E-state index is 12.4. The SMILES string of the molecule is COc1ccc(C)c2c(=O)cc(C3CCCC3)[nH]c12. The van der Waals surface area contributed by atoms with Crippen LogP contribution in [0, 0.1) is 6.92 Å². The molecule has 1 fully saturated rings. The second-order valence-electron chi connectivity index (χ2n) is 5.41. The first kappa shape index (κ1) is 12.3. The van der Waals surface area contributed by atoms with Gasteiger partial charge in [0.2, 0.25) is 0 Å². The molecule has 1 heterocycles. The van der Waals surface area contributed by atoms with Crippen LogP contribution in [-0.2, 0) is 0 Å². The Balaban J connectivity index is 2.26. The van der Waals surface area contributed by atoms with E-state index in [-0.39, 0.29) is 5.43 Å². The van der Waals surface area contributed by atoms with Gasteiger partial charge in [0.1, 0.15) is 5.75 Å². The number of aryl methyl sites for hydroxylation is 1. The van der Waals surface area contributed by atoms with E-state index in [1.165, 1.54) is 25.7 Å². The van der Waals surface area contributed by atoms with Crippen LogP contribution in [0.3, 0.4) is 0 Å². The third kappa shape index (κ3) is 2.03. The largest absolute Gasteiger partial charge is 0.495 e. The molecule has 3 nitrogen and oxygen atoms in total. The van der Waals surface area contributed by atoms with Crippen LogP contribution in [-0.4, -0.2) is 12.1 Å². The molecule has 0 atom stereocenters. The van der Waals surface area contributed by atoms with E-state index in [1.807, 2.05) is 19.1 Å². The van der Waals surface area contributed by atoms with Gasteiger partial charge in [-0.15, -0.1) is 0 Å². The highest BCUT2D eigenvalue weighted by molar-refractivity contribution is 5.87. The summed E-state index contributed by atoms with van der Waals surface area (Å²) in [5.41, 5.74) is 3.01. The van der Waals surface area contributed by atoms with E-state index in [1.54, 1.807) is 13.2 Å². The third-order valence-electron chi connectivity index (χ3n) is 4.19. The fourth-order valence-electron chi connectivity index (χ4n) is 3.15. The number of fused-ring (bicyclic) bond motifs is 1. The minimum absolute atomic E-state index is 0.104. The molecule has 0 amide bonds. The molecule has 1 N–H and O–H groups in total. The molecule has 1 aromatic carbocycles. The van der Waals surface area contributed by atoms with Gasteiger partial charge in [0, 0.05) is 11.8 Å². The first-order valence-electron chi connectivity index (χ1n) is 6.91. The van der Waals surface area contributed by atoms with E-state index >= 15 is 0 Å². The number of aromatic nitrogens is 1. The zero-order chi connectivity index (χ0) is 13.4. The van der Waals surface area contributed by atoms with Gasteiger partial charge in [0.05, 0.1) is 18.0 Å². The molecule has 1 aliphatic carbocycles. The summed E-state index contributed by atoms with van der Waals surface area (Å²) in [6, 6.07) is 5.64. The number of hydrogen-bond donors (Lipinski definition) is 1. The van der Waals surface area contributed by atoms with E-state index in [2.05, 4.69) is 4.98 Å². The van der Waals surface area contributed by atoms with Crippen molar-refractivity contribution in [2.45, 2.75) is 38.5 Å². The quantitative estimate of drug-likeness (QED) is 0.894. The first-order valence-corrected chi connectivity index (χ1v) is 6.91. The van der Waals surface area contributed by atoms with Crippen molar-refractivity contribution in [2.75, 3.05) is 7.11 Å². The molecule has 1 saturated carbocycles. The smallest absolute Gasteiger partial charge is 0.190 e. The van der Waals surface area contributed by atoms with Crippen LogP contribution in [0.4, 0.5) is 0 Å². The zero-order valence-electron chi connectivity index (χ0n) is 11.5. The topological polar surface area (TPSA) is 42.1 Å². The average Bonchev–Trinajstić information content (AvgIpc) is 2.92. The predicted octanol–water partition coefficient (Wildman–Crippen LogP) is 3.50. The molecule has 0 bridgehead atoms. The normalized spacial score (nSPS) is 16.1. The summed E-state index contributed by atoms with van der Waals surface area (Å²) in [5.74, 6) is 1.25. The van der Waals surface area contributed by atoms with Crippen molar-refractivity contribution < 1.29 is 4.74 Å². The molecular weight excluding hydrogens is 238 g/mol. The highest BCUT2D eigenvalue weighted by Crippen LogP contribution is 2.34. The molecule has 0 radical (unpaired) electrons. The van der Waals surface area contributed by atoms with Crippen molar-refractivity contribution in [3.05, 3.63) is 39.7 Å². The molecule has 2 aromatic rings. The monoisotopic (exact) mass is 257 g/mol. The summed E-state index contributed by atoms with van der Waals surface area (Å²) in [6.45, 7) is 1.96. The van der Waals surface area contributed by atoms with Gasteiger partial charge in [-0.3, -0.25) is 4.79 Å². The van der Waals surface area contributed by atoms with Crippen LogP contribution in [0.5, 0.6) is 5.75 Å². The Kier molecular flexibility index (Phi) is 3.05. The van der Waals surface area contributed by atoms with Crippen molar-refractivity contribution >= 4 is 10.9 Å². The maximum absolute atomic E-state index is 12.4. The summed E-state index contributed by atoms with van der Waals surface area (Å²) in [6.07, 6.45) is 4.87. The van der Waals surface area contributed by atoms with Gasteiger partial charge < -0.3 is 9.72 Å². The standard InChI is InChI=1S/C16H19NO2/c1-10-7-8-14(19-2)16-15(10)13(18)9-12(17-16)11-5-3-4-6-11/h7-9,11H,3-6H2,1-2H3,(H,17,18). The van der Waals surface area contributed by atoms with Gasteiger partial charge in [-0.1, -0.05) is 18.9 Å². The molecule has 19 heavy (non-hydrogen) atoms. The third-order valence-corrected chi connectivity index (χ3v) is 4.19. The molecular formula is C16H19NO2. The summed E-state index contributed by atoms with van der Waals surface area (Å²) in [4.78, 5) is 15.8. The lowest BCUT2D eigenvalue weighted by atomic mass is 10.0. The van der Waals surface area contributed by atoms with Gasteiger partial charge in [0.15, 0.2) is 5.43 Å². The van der Waals surface area contributed by atoms with Crippen molar-refractivity contribution in [1.29, 1.82) is 0 Å². The number of hydrogen-bond acceptors (Lipinski definition) is 2. The van der Waals surface area contributed by atoms with E-state index in [0.717, 1.165) is 27.9 Å². The van der Waals surface area contributed by atoms with Crippen molar-refractivity contribution in [2.24, 2.45) is 0 Å². The van der Waals surface area contributed by atoms with Crippen molar-refractivity contribution in [3.63, 3.8) is 0 Å². The van der Waals surface area contributed by atoms with Crippen molar-refractivity contribution in [3.8, 4) is 5.75 Å². The minimum atomic E-state index is 0.104. The fourth-order valence-corrected chi connectivity index (χ4v) is 3.15. The van der Waals surface area contributed by atoms with Crippen LogP contribution >= 0.6 is 0 Å². The second-order valence-corrected chi connectivity index (χ2v) is 5.41. The number of rotatable bonds is 2. The van der Waals surface area contributed by atoms with Crippen LogP contribution < -0.4 is 10.2 Å². The van der Waals surface area contributed by atoms with Crippen LogP contribution in [0.15, 0.2) is 23.0 Å². The lowest BCUT2D eigenvalue weighted by molar-refractivity contribution is 0.418. The molecule has 3 heteroatoms. The van der Waals surface area contributed by atoms with Gasteiger partial charge in [0.25, 0.3) is 0 Å². The predicted molar refractivity (Wildman–Crippen MR) is 77.1 cm³/mol. The number of pyridine rings is 1. The number of nitrogens with one attached hydrogen (secondary N) is 1. The Bertz CT molecular complexity index is 666. The highest BCUT2D eigenvalue weighted by Gasteiger charge is 2.19. The fraction of sp³-hybridized carbons (Fsp3) is 0.438. The molecule has 100 valence electrons. The molecule has 0 aliphatic heterocycles. The zero-order valence-corrected chi connectivity index (χ0v) is 11.5. The molecule has 3 rings (SSSR count). The van der Waals surface area contributed by atoms with Gasteiger partial charge in [-0.2, -0.15) is 0 Å². The molecule has 1 aromatic heterocycles. The average molecular weight is 257 g/mol. The number of benzene rings is 1. The summed E-state index contributed by atoms with van der Waals surface area (Å²) < 4.78 is 5.38. The Labute approximate surface area is 112 Å². The Morgan fingerprint density at radius 3 is 2.68 bits per heavy atom. The number of methoxy groups -OCH3 is 1. The van der Waals surface area contributed by atoms with Gasteiger partial charge in [-0.25, -0.2) is 0 Å². The molecule has 0 spiro atoms. The van der Waals surface area contributed by atoms with Gasteiger partial charge in [-0.05, 0) is 37.3 Å². The molecule has 1 aliphatic rings. The van der Waals surface area contributed by atoms with Crippen molar-refractivity contribution in [1.82, 2.24) is 4.98 Å².